The molecular weight excluding hydrogens is 574 g/mol. The Balaban J connectivity index is 2.26. The van der Waals surface area contributed by atoms with E-state index in [-0.39, 0.29) is 12.2 Å². The third kappa shape index (κ3) is 6.45. The molecule has 0 aromatic heterocycles. The lowest BCUT2D eigenvalue weighted by molar-refractivity contribution is -0.142. The molecule has 1 amide bonds. The quantitative estimate of drug-likeness (QED) is 0.219. The lowest BCUT2D eigenvalue weighted by Crippen LogP contribution is -2.14. The predicted molar refractivity (Wildman–Crippen MR) is 123 cm³/mol. The minimum Gasteiger partial charge on any atom is -0.480 e. The largest absolute Gasteiger partial charge is 0.480 e. The second-order valence-corrected chi connectivity index (χ2v) is 8.21. The van der Waals surface area contributed by atoms with Gasteiger partial charge < -0.3 is 14.8 Å². The van der Waals surface area contributed by atoms with Gasteiger partial charge in [-0.05, 0) is 86.9 Å². The molecule has 150 valence electrons. The van der Waals surface area contributed by atoms with Crippen LogP contribution in [0.4, 0.5) is 5.69 Å². The molecule has 0 bridgehead atoms. The Kier molecular flexibility index (Phi) is 8.49. The van der Waals surface area contributed by atoms with Gasteiger partial charge in [0.05, 0.1) is 15.2 Å². The fourth-order valence-corrected chi connectivity index (χ4v) is 4.17. The molecule has 0 saturated heterocycles. The number of esters is 1. The summed E-state index contributed by atoms with van der Waals surface area (Å²) < 4.78 is 11.3. The number of rotatable bonds is 6. The average Bonchev–Trinajstić information content (AvgIpc) is 2.67. The molecule has 9 heteroatoms. The number of anilines is 1. The Morgan fingerprint density at radius 2 is 2.07 bits per heavy atom. The fraction of sp³-hybridized carbons (Fsp3) is 0.150. The van der Waals surface area contributed by atoms with E-state index in [4.69, 9.17) is 16.3 Å². The Bertz CT molecular complexity index is 1010. The van der Waals surface area contributed by atoms with Gasteiger partial charge in [-0.15, -0.1) is 0 Å². The highest BCUT2D eigenvalue weighted by Gasteiger charge is 2.14. The molecule has 0 aliphatic heterocycles. The number of benzene rings is 2. The summed E-state index contributed by atoms with van der Waals surface area (Å²) in [6.07, 6.45) is 1.46. The molecule has 0 unspecified atom stereocenters. The molecule has 0 atom stereocenters. The van der Waals surface area contributed by atoms with Crippen LogP contribution >= 0.6 is 50.1 Å². The Hall–Kier alpha value is -2.09. The van der Waals surface area contributed by atoms with Gasteiger partial charge in [-0.3, -0.25) is 4.79 Å². The van der Waals surface area contributed by atoms with Gasteiger partial charge in [-0.1, -0.05) is 17.7 Å². The Morgan fingerprint density at radius 1 is 1.34 bits per heavy atom. The average molecular weight is 590 g/mol. The number of hydrogen-bond acceptors (Lipinski definition) is 5. The van der Waals surface area contributed by atoms with Crippen molar-refractivity contribution in [1.82, 2.24) is 0 Å². The van der Waals surface area contributed by atoms with E-state index >= 15 is 0 Å². The summed E-state index contributed by atoms with van der Waals surface area (Å²) in [6, 6.07) is 10.4. The number of ether oxygens (including phenoxy) is 2. The number of methoxy groups -OCH3 is 1. The maximum absolute atomic E-state index is 12.5. The maximum Gasteiger partial charge on any atom is 0.343 e. The molecule has 0 radical (unpaired) electrons. The summed E-state index contributed by atoms with van der Waals surface area (Å²) in [4.78, 5) is 23.8. The number of amides is 1. The van der Waals surface area contributed by atoms with Crippen LogP contribution < -0.4 is 10.1 Å². The minimum atomic E-state index is -0.546. The highest BCUT2D eigenvalue weighted by atomic mass is 127. The van der Waals surface area contributed by atoms with Gasteiger partial charge in [0.25, 0.3) is 5.91 Å². The van der Waals surface area contributed by atoms with Crippen LogP contribution in [0.15, 0.2) is 40.4 Å². The van der Waals surface area contributed by atoms with Crippen LogP contribution in [0, 0.1) is 21.8 Å². The highest BCUT2D eigenvalue weighted by Crippen LogP contribution is 2.33. The van der Waals surface area contributed by atoms with E-state index in [9.17, 15) is 14.9 Å². The van der Waals surface area contributed by atoms with E-state index < -0.39 is 11.9 Å². The third-order valence-electron chi connectivity index (χ3n) is 3.71. The zero-order chi connectivity index (χ0) is 21.6. The smallest absolute Gasteiger partial charge is 0.343 e. The SMILES string of the molecule is COC(=O)COc1c(Br)cc(/C=C(\C#N)C(=O)Nc2cc(Cl)ccc2C)cc1I. The van der Waals surface area contributed by atoms with E-state index in [2.05, 4.69) is 26.0 Å². The lowest BCUT2D eigenvalue weighted by atomic mass is 10.1. The number of carbonyl (C=O) groups is 2. The number of halogens is 3. The maximum atomic E-state index is 12.5. The van der Waals surface area contributed by atoms with Gasteiger partial charge in [0, 0.05) is 10.7 Å². The van der Waals surface area contributed by atoms with Gasteiger partial charge in [0.15, 0.2) is 6.61 Å². The van der Waals surface area contributed by atoms with Crippen LogP contribution in [-0.2, 0) is 14.3 Å². The van der Waals surface area contributed by atoms with Crippen molar-refractivity contribution >= 4 is 73.8 Å². The summed E-state index contributed by atoms with van der Waals surface area (Å²) in [7, 11) is 1.28. The van der Waals surface area contributed by atoms with Gasteiger partial charge in [0.1, 0.15) is 17.4 Å². The molecule has 6 nitrogen and oxygen atoms in total. The number of hydrogen-bond donors (Lipinski definition) is 1. The normalized spacial score (nSPS) is 10.8. The van der Waals surface area contributed by atoms with Crippen LogP contribution in [0.1, 0.15) is 11.1 Å². The van der Waals surface area contributed by atoms with Gasteiger partial charge in [-0.2, -0.15) is 5.26 Å². The van der Waals surface area contributed by atoms with Crippen molar-refractivity contribution in [3.05, 3.63) is 60.1 Å². The number of carbonyl (C=O) groups excluding carboxylic acids is 2. The molecule has 0 aliphatic carbocycles. The minimum absolute atomic E-state index is 0.0738. The first kappa shape index (κ1) is 23.2. The molecular formula is C20H15BrClIN2O4. The molecule has 2 rings (SSSR count). The topological polar surface area (TPSA) is 88.4 Å². The van der Waals surface area contributed by atoms with Crippen LogP contribution in [0.25, 0.3) is 6.08 Å². The Morgan fingerprint density at radius 3 is 2.69 bits per heavy atom. The molecule has 2 aromatic carbocycles. The van der Waals surface area contributed by atoms with E-state index in [1.807, 2.05) is 35.6 Å². The molecule has 0 aliphatic rings. The fourth-order valence-electron chi connectivity index (χ4n) is 2.22. The lowest BCUT2D eigenvalue weighted by Gasteiger charge is -2.11. The van der Waals surface area contributed by atoms with Crippen molar-refractivity contribution in [2.75, 3.05) is 19.0 Å². The third-order valence-corrected chi connectivity index (χ3v) is 5.33. The second kappa shape index (κ2) is 10.6. The summed E-state index contributed by atoms with van der Waals surface area (Å²) in [6.45, 7) is 1.60. The van der Waals surface area contributed by atoms with E-state index in [0.717, 1.165) is 5.56 Å². The number of nitriles is 1. The second-order valence-electron chi connectivity index (χ2n) is 5.76. The van der Waals surface area contributed by atoms with Gasteiger partial charge in [-0.25, -0.2) is 4.79 Å². The number of nitrogens with zero attached hydrogens (tertiary/aromatic N) is 1. The summed E-state index contributed by atoms with van der Waals surface area (Å²) in [5.41, 5.74) is 1.90. The molecule has 0 saturated carbocycles. The first-order valence-corrected chi connectivity index (χ1v) is 10.4. The molecule has 2 aromatic rings. The van der Waals surface area contributed by atoms with Crippen molar-refractivity contribution in [3.63, 3.8) is 0 Å². The van der Waals surface area contributed by atoms with Crippen molar-refractivity contribution in [2.45, 2.75) is 6.92 Å². The van der Waals surface area contributed by atoms with Crippen LogP contribution in [0.2, 0.25) is 5.02 Å². The monoisotopic (exact) mass is 588 g/mol. The van der Waals surface area contributed by atoms with Gasteiger partial charge in [0.2, 0.25) is 0 Å². The van der Waals surface area contributed by atoms with Crippen molar-refractivity contribution in [2.24, 2.45) is 0 Å². The van der Waals surface area contributed by atoms with Crippen LogP contribution in [-0.4, -0.2) is 25.6 Å². The zero-order valence-electron chi connectivity index (χ0n) is 15.4. The highest BCUT2D eigenvalue weighted by molar-refractivity contribution is 14.1. The standard InChI is InChI=1S/C20H15BrClIN2O4/c1-11-3-4-14(22)8-17(11)25-20(27)13(9-24)5-12-6-15(21)19(16(23)7-12)29-10-18(26)28-2/h3-8H,10H2,1-2H3,(H,25,27)/b13-5+. The van der Waals surface area contributed by atoms with E-state index in [0.29, 0.717) is 30.1 Å². The molecule has 29 heavy (non-hydrogen) atoms. The van der Waals surface area contributed by atoms with Crippen LogP contribution in [0.5, 0.6) is 5.75 Å². The summed E-state index contributed by atoms with van der Waals surface area (Å²) >= 11 is 11.4. The van der Waals surface area contributed by atoms with Crippen molar-refractivity contribution in [3.8, 4) is 11.8 Å². The zero-order valence-corrected chi connectivity index (χ0v) is 19.9. The molecule has 0 fully saturated rings. The summed E-state index contributed by atoms with van der Waals surface area (Å²) in [5, 5.41) is 12.6. The first-order valence-electron chi connectivity index (χ1n) is 8.13. The van der Waals surface area contributed by atoms with Crippen molar-refractivity contribution < 1.29 is 19.1 Å². The number of nitrogens with one attached hydrogen (secondary N) is 1. The van der Waals surface area contributed by atoms with Crippen LogP contribution in [0.3, 0.4) is 0 Å². The summed E-state index contributed by atoms with van der Waals surface area (Å²) in [5.74, 6) is -0.586. The first-order chi connectivity index (χ1) is 13.7. The molecule has 0 heterocycles. The van der Waals surface area contributed by atoms with E-state index in [1.165, 1.54) is 13.2 Å². The Labute approximate surface area is 195 Å². The number of aryl methyl sites for hydroxylation is 1. The van der Waals surface area contributed by atoms with E-state index in [1.54, 1.807) is 30.3 Å². The molecule has 0 spiro atoms. The van der Waals surface area contributed by atoms with Crippen molar-refractivity contribution in [1.29, 1.82) is 5.26 Å². The predicted octanol–water partition coefficient (Wildman–Crippen LogP) is 5.11. The molecule has 1 N–H and O–H groups in total. The van der Waals surface area contributed by atoms with Gasteiger partial charge >= 0.3 is 5.97 Å².